The Hall–Kier alpha value is -3.15. The quantitative estimate of drug-likeness (QED) is 0.616. The highest BCUT2D eigenvalue weighted by Gasteiger charge is 2.35. The van der Waals surface area contributed by atoms with E-state index >= 15 is 0 Å². The number of carbonyl (C=O) groups excluding carboxylic acids is 1. The highest BCUT2D eigenvalue weighted by atomic mass is 19.1. The molecule has 1 unspecified atom stereocenters. The van der Waals surface area contributed by atoms with Crippen LogP contribution < -0.4 is 10.1 Å². The summed E-state index contributed by atoms with van der Waals surface area (Å²) in [6, 6.07) is 5.98. The summed E-state index contributed by atoms with van der Waals surface area (Å²) in [5.74, 6) is -0.315. The molecule has 34 heavy (non-hydrogen) atoms. The van der Waals surface area contributed by atoms with Gasteiger partial charge in [-0.15, -0.1) is 0 Å². The summed E-state index contributed by atoms with van der Waals surface area (Å²) >= 11 is 0. The largest absolute Gasteiger partial charge is 0.494 e. The highest BCUT2D eigenvalue weighted by Crippen LogP contribution is 2.23. The Labute approximate surface area is 196 Å². The Bertz CT molecular complexity index is 1060. The van der Waals surface area contributed by atoms with Crippen molar-refractivity contribution in [1.29, 1.82) is 0 Å². The Kier molecular flexibility index (Phi) is 7.66. The molecule has 0 spiro atoms. The van der Waals surface area contributed by atoms with Crippen molar-refractivity contribution in [2.24, 2.45) is 5.16 Å². The molecule has 0 saturated carbocycles. The minimum Gasteiger partial charge on any atom is -0.494 e. The fourth-order valence-electron chi connectivity index (χ4n) is 3.72. The van der Waals surface area contributed by atoms with Crippen molar-refractivity contribution in [3.63, 3.8) is 0 Å². The average molecular weight is 474 g/mol. The molecule has 1 aromatic heterocycles. The molecule has 2 aromatic rings. The van der Waals surface area contributed by atoms with Crippen LogP contribution in [0.25, 0.3) is 0 Å². The van der Waals surface area contributed by atoms with Crippen LogP contribution in [0.5, 0.6) is 5.75 Å². The lowest BCUT2D eigenvalue weighted by Crippen LogP contribution is -2.44. The molecular weight excluding hydrogens is 447 g/mol. The molecule has 1 N–H and O–H groups in total. The van der Waals surface area contributed by atoms with Gasteiger partial charge in [0.25, 0.3) is 5.91 Å². The second-order valence-corrected chi connectivity index (χ2v) is 8.01. The maximum absolute atomic E-state index is 13.6. The minimum absolute atomic E-state index is 0.0929. The number of methoxy groups -OCH3 is 2. The molecule has 2 aliphatic rings. The van der Waals surface area contributed by atoms with Gasteiger partial charge in [-0.1, -0.05) is 11.2 Å². The lowest BCUT2D eigenvalue weighted by atomic mass is 10.0. The first-order valence-electron chi connectivity index (χ1n) is 10.9. The number of benzene rings is 1. The standard InChI is InChI=1S/C23H27FN4O6/c1-13-26-17(18-8-21(34-28-18)22-12-32-15(10-30-2)11-33-22)7-19(27-13)23(29)25-9-14-4-5-16(24)20(6-14)31-3/h4-7,15,21-22H,8-12H2,1-3H3,(H,25,29)/t15?,21-,22-/m1/s1. The number of amides is 1. The van der Waals surface area contributed by atoms with Gasteiger partial charge < -0.3 is 29.1 Å². The van der Waals surface area contributed by atoms with E-state index in [0.29, 0.717) is 49.0 Å². The van der Waals surface area contributed by atoms with Crippen molar-refractivity contribution in [2.75, 3.05) is 34.0 Å². The molecule has 182 valence electrons. The maximum atomic E-state index is 13.6. The third-order valence-electron chi connectivity index (χ3n) is 5.49. The molecule has 3 atom stereocenters. The van der Waals surface area contributed by atoms with Gasteiger partial charge in [0, 0.05) is 20.1 Å². The van der Waals surface area contributed by atoms with Crippen molar-refractivity contribution in [3.05, 3.63) is 52.9 Å². The number of nitrogens with one attached hydrogen (secondary N) is 1. The van der Waals surface area contributed by atoms with E-state index in [4.69, 9.17) is 23.8 Å². The van der Waals surface area contributed by atoms with Crippen molar-refractivity contribution >= 4 is 11.6 Å². The van der Waals surface area contributed by atoms with Crippen LogP contribution in [-0.4, -0.2) is 73.9 Å². The van der Waals surface area contributed by atoms with Crippen LogP contribution in [-0.2, 0) is 25.6 Å². The van der Waals surface area contributed by atoms with Crippen LogP contribution in [0.3, 0.4) is 0 Å². The van der Waals surface area contributed by atoms with Crippen LogP contribution in [0, 0.1) is 12.7 Å². The Morgan fingerprint density at radius 1 is 1.18 bits per heavy atom. The van der Waals surface area contributed by atoms with Crippen LogP contribution >= 0.6 is 0 Å². The van der Waals surface area contributed by atoms with Crippen molar-refractivity contribution in [3.8, 4) is 5.75 Å². The molecule has 2 aliphatic heterocycles. The first kappa shape index (κ1) is 24.0. The topological polar surface area (TPSA) is 113 Å². The molecule has 11 heteroatoms. The number of hydrogen-bond donors (Lipinski definition) is 1. The highest BCUT2D eigenvalue weighted by molar-refractivity contribution is 6.02. The van der Waals surface area contributed by atoms with Gasteiger partial charge in [0.15, 0.2) is 17.7 Å². The third-order valence-corrected chi connectivity index (χ3v) is 5.49. The normalized spacial score (nSPS) is 22.1. The van der Waals surface area contributed by atoms with E-state index < -0.39 is 5.82 Å². The summed E-state index contributed by atoms with van der Waals surface area (Å²) in [4.78, 5) is 27.0. The lowest BCUT2D eigenvalue weighted by molar-refractivity contribution is -0.181. The van der Waals surface area contributed by atoms with Crippen LogP contribution in [0.15, 0.2) is 29.4 Å². The maximum Gasteiger partial charge on any atom is 0.270 e. The zero-order valence-corrected chi connectivity index (χ0v) is 19.2. The summed E-state index contributed by atoms with van der Waals surface area (Å²) in [6.45, 7) is 3.16. The molecule has 1 amide bonds. The molecule has 1 fully saturated rings. The molecule has 4 rings (SSSR count). The predicted molar refractivity (Wildman–Crippen MR) is 118 cm³/mol. The Balaban J connectivity index is 1.37. The number of ether oxygens (including phenoxy) is 4. The fourth-order valence-corrected chi connectivity index (χ4v) is 3.72. The summed E-state index contributed by atoms with van der Waals surface area (Å²) in [5, 5.41) is 6.95. The SMILES string of the molecule is COCC1CO[C@@H]([C@H]2CC(c3cc(C(=O)NCc4ccc(F)c(OC)c4)nc(C)n3)=NO2)CO1. The van der Waals surface area contributed by atoms with Gasteiger partial charge in [-0.25, -0.2) is 14.4 Å². The summed E-state index contributed by atoms with van der Waals surface area (Å²) < 4.78 is 35.3. The third kappa shape index (κ3) is 5.66. The molecule has 1 aromatic carbocycles. The number of rotatable bonds is 8. The molecule has 0 radical (unpaired) electrons. The smallest absolute Gasteiger partial charge is 0.270 e. The number of aromatic nitrogens is 2. The lowest BCUT2D eigenvalue weighted by Gasteiger charge is -2.31. The van der Waals surface area contributed by atoms with E-state index in [0.717, 1.165) is 0 Å². The van der Waals surface area contributed by atoms with Gasteiger partial charge in [0.05, 0.1) is 32.6 Å². The van der Waals surface area contributed by atoms with Gasteiger partial charge in [0.1, 0.15) is 29.4 Å². The van der Waals surface area contributed by atoms with Gasteiger partial charge >= 0.3 is 0 Å². The van der Waals surface area contributed by atoms with E-state index in [1.165, 1.54) is 19.2 Å². The van der Waals surface area contributed by atoms with Gasteiger partial charge in [-0.05, 0) is 30.7 Å². The van der Waals surface area contributed by atoms with Gasteiger partial charge in [-0.2, -0.15) is 0 Å². The summed E-state index contributed by atoms with van der Waals surface area (Å²) in [7, 11) is 3.01. The van der Waals surface area contributed by atoms with Crippen molar-refractivity contribution in [1.82, 2.24) is 15.3 Å². The fraction of sp³-hybridized carbons (Fsp3) is 0.478. The number of aryl methyl sites for hydroxylation is 1. The molecule has 1 saturated heterocycles. The first-order valence-corrected chi connectivity index (χ1v) is 10.9. The first-order chi connectivity index (χ1) is 16.5. The molecule has 3 heterocycles. The van der Waals surface area contributed by atoms with E-state index in [1.54, 1.807) is 26.2 Å². The Morgan fingerprint density at radius 3 is 2.76 bits per heavy atom. The van der Waals surface area contributed by atoms with Crippen molar-refractivity contribution < 1.29 is 33.0 Å². The van der Waals surface area contributed by atoms with E-state index in [9.17, 15) is 9.18 Å². The minimum atomic E-state index is -0.466. The summed E-state index contributed by atoms with van der Waals surface area (Å²) in [5.41, 5.74) is 2.01. The van der Waals surface area contributed by atoms with Crippen LogP contribution in [0.1, 0.15) is 34.0 Å². The van der Waals surface area contributed by atoms with Gasteiger partial charge in [0.2, 0.25) is 0 Å². The number of hydrogen-bond acceptors (Lipinski definition) is 9. The number of oxime groups is 1. The molecular formula is C23H27FN4O6. The van der Waals surface area contributed by atoms with Gasteiger partial charge in [-0.3, -0.25) is 4.79 Å². The van der Waals surface area contributed by atoms with Crippen LogP contribution in [0.4, 0.5) is 4.39 Å². The number of halogens is 1. The second kappa shape index (κ2) is 10.9. The average Bonchev–Trinajstić information content (AvgIpc) is 3.34. The molecule has 0 bridgehead atoms. The van der Waals surface area contributed by atoms with E-state index in [1.807, 2.05) is 0 Å². The zero-order valence-electron chi connectivity index (χ0n) is 19.2. The number of nitrogens with zero attached hydrogens (tertiary/aromatic N) is 3. The second-order valence-electron chi connectivity index (χ2n) is 8.01. The summed E-state index contributed by atoms with van der Waals surface area (Å²) in [6.07, 6.45) is -0.188. The Morgan fingerprint density at radius 2 is 2.03 bits per heavy atom. The van der Waals surface area contributed by atoms with Crippen LogP contribution in [0.2, 0.25) is 0 Å². The molecule has 10 nitrogen and oxygen atoms in total. The van der Waals surface area contributed by atoms with E-state index in [-0.39, 0.29) is 42.2 Å². The molecule has 0 aliphatic carbocycles. The predicted octanol–water partition coefficient (Wildman–Crippen LogP) is 1.79. The van der Waals surface area contributed by atoms with Crippen molar-refractivity contribution in [2.45, 2.75) is 38.2 Å². The number of carbonyl (C=O) groups is 1. The monoisotopic (exact) mass is 474 g/mol. The zero-order chi connectivity index (χ0) is 24.1. The van der Waals surface area contributed by atoms with E-state index in [2.05, 4.69) is 20.4 Å².